The van der Waals surface area contributed by atoms with E-state index in [0.717, 1.165) is 11.3 Å². The highest BCUT2D eigenvalue weighted by molar-refractivity contribution is 5.90. The molecular weight excluding hydrogens is 228 g/mol. The van der Waals surface area contributed by atoms with Crippen molar-refractivity contribution < 1.29 is 9.90 Å². The molecule has 2 amide bonds. The fourth-order valence-electron chi connectivity index (χ4n) is 2.15. The van der Waals surface area contributed by atoms with Gasteiger partial charge in [-0.25, -0.2) is 4.79 Å². The van der Waals surface area contributed by atoms with Crippen molar-refractivity contribution in [1.29, 1.82) is 0 Å². The number of carbonyl (C=O) groups excluding carboxylic acids is 1. The zero-order chi connectivity index (χ0) is 13.1. The average Bonchev–Trinajstić information content (AvgIpc) is 2.36. The normalized spacial score (nSPS) is 16.7. The van der Waals surface area contributed by atoms with E-state index in [1.165, 1.54) is 5.56 Å². The van der Waals surface area contributed by atoms with Crippen LogP contribution in [0.5, 0.6) is 0 Å². The van der Waals surface area contributed by atoms with Crippen LogP contribution >= 0.6 is 0 Å². The molecule has 0 atom stereocenters. The second kappa shape index (κ2) is 5.40. The zero-order valence-electron chi connectivity index (χ0n) is 10.9. The maximum atomic E-state index is 12.1. The number of aryl methyl sites for hydroxylation is 1. The monoisotopic (exact) mass is 248 g/mol. The first kappa shape index (κ1) is 12.9. The number of carbonyl (C=O) groups is 1. The Bertz CT molecular complexity index is 437. The van der Waals surface area contributed by atoms with E-state index >= 15 is 0 Å². The molecule has 1 saturated heterocycles. The molecule has 0 bridgehead atoms. The first-order valence-corrected chi connectivity index (χ1v) is 6.38. The number of aliphatic hydroxyl groups is 1. The van der Waals surface area contributed by atoms with E-state index in [2.05, 4.69) is 5.32 Å². The molecule has 0 aliphatic carbocycles. The summed E-state index contributed by atoms with van der Waals surface area (Å²) in [4.78, 5) is 13.8. The Balaban J connectivity index is 2.01. The van der Waals surface area contributed by atoms with E-state index in [1.54, 1.807) is 4.90 Å². The number of likely N-dealkylation sites (tertiary alicyclic amines) is 1. The van der Waals surface area contributed by atoms with Crippen LogP contribution in [0.4, 0.5) is 10.5 Å². The SMILES string of the molecule is Cc1cccc(NC(=O)N2CCC(O)CC2)c1C. The minimum Gasteiger partial charge on any atom is -0.393 e. The number of rotatable bonds is 1. The number of benzene rings is 1. The summed E-state index contributed by atoms with van der Waals surface area (Å²) in [7, 11) is 0. The van der Waals surface area contributed by atoms with E-state index in [1.807, 2.05) is 32.0 Å². The number of urea groups is 1. The highest BCUT2D eigenvalue weighted by Crippen LogP contribution is 2.19. The lowest BCUT2D eigenvalue weighted by Gasteiger charge is -2.29. The van der Waals surface area contributed by atoms with Crippen molar-refractivity contribution in [2.75, 3.05) is 18.4 Å². The number of nitrogens with one attached hydrogen (secondary N) is 1. The van der Waals surface area contributed by atoms with Crippen LogP contribution in [-0.2, 0) is 0 Å². The highest BCUT2D eigenvalue weighted by Gasteiger charge is 2.21. The van der Waals surface area contributed by atoms with E-state index < -0.39 is 0 Å². The minimum absolute atomic E-state index is 0.0735. The van der Waals surface area contributed by atoms with E-state index in [-0.39, 0.29) is 12.1 Å². The highest BCUT2D eigenvalue weighted by atomic mass is 16.3. The summed E-state index contributed by atoms with van der Waals surface area (Å²) >= 11 is 0. The third kappa shape index (κ3) is 2.82. The Labute approximate surface area is 108 Å². The summed E-state index contributed by atoms with van der Waals surface area (Å²) in [5, 5.41) is 12.4. The van der Waals surface area contributed by atoms with Gasteiger partial charge in [0.05, 0.1) is 6.10 Å². The molecule has 0 spiro atoms. The predicted octanol–water partition coefficient (Wildman–Crippen LogP) is 2.29. The largest absolute Gasteiger partial charge is 0.393 e. The van der Waals surface area contributed by atoms with Gasteiger partial charge in [0.15, 0.2) is 0 Å². The van der Waals surface area contributed by atoms with Gasteiger partial charge in [-0.05, 0) is 43.9 Å². The maximum absolute atomic E-state index is 12.1. The third-order valence-corrected chi connectivity index (χ3v) is 3.60. The second-order valence-electron chi connectivity index (χ2n) is 4.90. The van der Waals surface area contributed by atoms with Crippen LogP contribution in [0.1, 0.15) is 24.0 Å². The van der Waals surface area contributed by atoms with Gasteiger partial charge >= 0.3 is 6.03 Å². The Hall–Kier alpha value is -1.55. The van der Waals surface area contributed by atoms with Gasteiger partial charge in [0.25, 0.3) is 0 Å². The Morgan fingerprint density at radius 3 is 2.67 bits per heavy atom. The molecule has 0 radical (unpaired) electrons. The fourth-order valence-corrected chi connectivity index (χ4v) is 2.15. The quantitative estimate of drug-likeness (QED) is 0.801. The van der Waals surface area contributed by atoms with Gasteiger partial charge in [0, 0.05) is 18.8 Å². The first-order valence-electron chi connectivity index (χ1n) is 6.38. The molecule has 2 rings (SSSR count). The summed E-state index contributed by atoms with van der Waals surface area (Å²) in [6, 6.07) is 5.81. The molecule has 1 fully saturated rings. The smallest absolute Gasteiger partial charge is 0.321 e. The summed E-state index contributed by atoms with van der Waals surface area (Å²) in [6.07, 6.45) is 1.08. The molecule has 1 aliphatic rings. The predicted molar refractivity (Wildman–Crippen MR) is 71.7 cm³/mol. The number of hydrogen-bond donors (Lipinski definition) is 2. The lowest BCUT2D eigenvalue weighted by atomic mass is 10.1. The van der Waals surface area contributed by atoms with Crippen molar-refractivity contribution in [2.45, 2.75) is 32.8 Å². The second-order valence-corrected chi connectivity index (χ2v) is 4.90. The van der Waals surface area contributed by atoms with Gasteiger partial charge in [0.2, 0.25) is 0 Å². The molecule has 0 unspecified atom stereocenters. The Morgan fingerprint density at radius 2 is 2.00 bits per heavy atom. The van der Waals surface area contributed by atoms with Crippen LogP contribution in [0.2, 0.25) is 0 Å². The molecule has 1 aliphatic heterocycles. The summed E-state index contributed by atoms with van der Waals surface area (Å²) < 4.78 is 0. The zero-order valence-corrected chi connectivity index (χ0v) is 10.9. The number of aliphatic hydroxyl groups excluding tert-OH is 1. The lowest BCUT2D eigenvalue weighted by molar-refractivity contribution is 0.0972. The average molecular weight is 248 g/mol. The minimum atomic E-state index is -0.255. The van der Waals surface area contributed by atoms with Crippen molar-refractivity contribution in [1.82, 2.24) is 4.90 Å². The van der Waals surface area contributed by atoms with Crippen molar-refractivity contribution in [2.24, 2.45) is 0 Å². The van der Waals surface area contributed by atoms with Crippen molar-refractivity contribution in [3.05, 3.63) is 29.3 Å². The van der Waals surface area contributed by atoms with Crippen molar-refractivity contribution in [3.63, 3.8) is 0 Å². The lowest BCUT2D eigenvalue weighted by Crippen LogP contribution is -2.42. The fraction of sp³-hybridized carbons (Fsp3) is 0.500. The number of piperidine rings is 1. The van der Waals surface area contributed by atoms with Gasteiger partial charge < -0.3 is 15.3 Å². The number of anilines is 1. The van der Waals surface area contributed by atoms with E-state index in [0.29, 0.717) is 25.9 Å². The molecule has 1 aromatic rings. The van der Waals surface area contributed by atoms with Gasteiger partial charge in [0.1, 0.15) is 0 Å². The number of amides is 2. The number of hydrogen-bond acceptors (Lipinski definition) is 2. The van der Waals surface area contributed by atoms with Crippen molar-refractivity contribution in [3.8, 4) is 0 Å². The van der Waals surface area contributed by atoms with Crippen LogP contribution in [-0.4, -0.2) is 35.2 Å². The Kier molecular flexibility index (Phi) is 3.87. The molecule has 4 heteroatoms. The van der Waals surface area contributed by atoms with Gasteiger partial charge in [-0.15, -0.1) is 0 Å². The van der Waals surface area contributed by atoms with Crippen LogP contribution in [0, 0.1) is 13.8 Å². The molecule has 18 heavy (non-hydrogen) atoms. The summed E-state index contributed by atoms with van der Waals surface area (Å²) in [6.45, 7) is 5.28. The first-order chi connectivity index (χ1) is 8.58. The van der Waals surface area contributed by atoms with Crippen LogP contribution in [0.25, 0.3) is 0 Å². The van der Waals surface area contributed by atoms with Crippen molar-refractivity contribution >= 4 is 11.7 Å². The van der Waals surface area contributed by atoms with Crippen LogP contribution < -0.4 is 5.32 Å². The third-order valence-electron chi connectivity index (χ3n) is 3.60. The van der Waals surface area contributed by atoms with Crippen LogP contribution in [0.3, 0.4) is 0 Å². The molecule has 0 saturated carbocycles. The van der Waals surface area contributed by atoms with Gasteiger partial charge in [-0.2, -0.15) is 0 Å². The van der Waals surface area contributed by atoms with Crippen LogP contribution in [0.15, 0.2) is 18.2 Å². The van der Waals surface area contributed by atoms with E-state index in [9.17, 15) is 9.90 Å². The molecule has 4 nitrogen and oxygen atoms in total. The standard InChI is InChI=1S/C14H20N2O2/c1-10-4-3-5-13(11(10)2)15-14(18)16-8-6-12(17)7-9-16/h3-5,12,17H,6-9H2,1-2H3,(H,15,18). The van der Waals surface area contributed by atoms with Gasteiger partial charge in [-0.1, -0.05) is 12.1 Å². The molecule has 98 valence electrons. The summed E-state index contributed by atoms with van der Waals surface area (Å²) in [5.74, 6) is 0. The number of nitrogens with zero attached hydrogens (tertiary/aromatic N) is 1. The maximum Gasteiger partial charge on any atom is 0.321 e. The molecule has 1 aromatic carbocycles. The molecule has 0 aromatic heterocycles. The molecular formula is C14H20N2O2. The molecule has 2 N–H and O–H groups in total. The van der Waals surface area contributed by atoms with Gasteiger partial charge in [-0.3, -0.25) is 0 Å². The topological polar surface area (TPSA) is 52.6 Å². The van der Waals surface area contributed by atoms with E-state index in [4.69, 9.17) is 0 Å². The molecule has 1 heterocycles. The Morgan fingerprint density at radius 1 is 1.33 bits per heavy atom. The summed E-state index contributed by atoms with van der Waals surface area (Å²) in [5.41, 5.74) is 3.14.